The molecule has 1 fully saturated rings. The van der Waals surface area contributed by atoms with Crippen molar-refractivity contribution in [3.8, 4) is 0 Å². The minimum Gasteiger partial charge on any atom is -0.459 e. The van der Waals surface area contributed by atoms with E-state index in [0.717, 1.165) is 24.6 Å². The molecular weight excluding hydrogens is 523 g/mol. The average molecular weight is 556 g/mol. The summed E-state index contributed by atoms with van der Waals surface area (Å²) in [5, 5.41) is 3.43. The second kappa shape index (κ2) is 14.1. The van der Waals surface area contributed by atoms with Crippen molar-refractivity contribution >= 4 is 35.8 Å². The zero-order valence-corrected chi connectivity index (χ0v) is 21.1. The van der Waals surface area contributed by atoms with Gasteiger partial charge in [-0.3, -0.25) is 9.79 Å². The maximum atomic E-state index is 12.4. The number of rotatable bonds is 9. The number of carbonyl (C=O) groups excluding carboxylic acids is 1. The van der Waals surface area contributed by atoms with Gasteiger partial charge in [-0.05, 0) is 30.2 Å². The SMILES string of the molecule is CCOCCOCc1cccc(CNC(=NC)N2CCN(C(=O)c3ccco3)CC2)c1.I. The number of hydrogen-bond acceptors (Lipinski definition) is 5. The number of carbonyl (C=O) groups is 1. The molecule has 0 spiro atoms. The van der Waals surface area contributed by atoms with Crippen LogP contribution in [0.25, 0.3) is 0 Å². The van der Waals surface area contributed by atoms with Crippen LogP contribution in [0.1, 0.15) is 28.6 Å². The number of ether oxygens (including phenoxy) is 2. The number of aliphatic imine (C=N–C) groups is 1. The fourth-order valence-corrected chi connectivity index (χ4v) is 3.47. The van der Waals surface area contributed by atoms with Gasteiger partial charge in [0.2, 0.25) is 0 Å². The van der Waals surface area contributed by atoms with Gasteiger partial charge < -0.3 is 29.0 Å². The largest absolute Gasteiger partial charge is 0.459 e. The maximum Gasteiger partial charge on any atom is 0.289 e. The lowest BCUT2D eigenvalue weighted by Gasteiger charge is -2.36. The van der Waals surface area contributed by atoms with E-state index in [4.69, 9.17) is 13.9 Å². The van der Waals surface area contributed by atoms with E-state index in [1.807, 2.05) is 17.9 Å². The van der Waals surface area contributed by atoms with Crippen LogP contribution in [0.4, 0.5) is 0 Å². The standard InChI is InChI=1S/C23H32N4O4.HI/c1-3-29-14-15-30-18-20-7-4-6-19(16-20)17-25-23(24-2)27-11-9-26(10-12-27)22(28)21-8-5-13-31-21;/h4-8,13,16H,3,9-12,14-15,17-18H2,1-2H3,(H,24,25);1H. The van der Waals surface area contributed by atoms with Crippen LogP contribution in [0.15, 0.2) is 52.1 Å². The second-order valence-electron chi connectivity index (χ2n) is 7.23. The molecule has 9 heteroatoms. The Balaban J connectivity index is 0.00000363. The van der Waals surface area contributed by atoms with Gasteiger partial charge in [-0.25, -0.2) is 0 Å². The summed E-state index contributed by atoms with van der Waals surface area (Å²) in [6, 6.07) is 11.8. The average Bonchev–Trinajstić information content (AvgIpc) is 3.35. The predicted molar refractivity (Wildman–Crippen MR) is 134 cm³/mol. The highest BCUT2D eigenvalue weighted by molar-refractivity contribution is 14.0. The minimum atomic E-state index is -0.0621. The molecule has 1 aromatic heterocycles. The molecule has 2 heterocycles. The lowest BCUT2D eigenvalue weighted by atomic mass is 10.1. The molecule has 176 valence electrons. The first-order valence-electron chi connectivity index (χ1n) is 10.7. The molecule has 3 rings (SSSR count). The monoisotopic (exact) mass is 556 g/mol. The van der Waals surface area contributed by atoms with Gasteiger partial charge in [0.05, 0.1) is 26.1 Å². The lowest BCUT2D eigenvalue weighted by Crippen LogP contribution is -2.53. The zero-order valence-electron chi connectivity index (χ0n) is 18.8. The summed E-state index contributed by atoms with van der Waals surface area (Å²) in [5.41, 5.74) is 2.30. The molecule has 0 radical (unpaired) electrons. The highest BCUT2D eigenvalue weighted by Crippen LogP contribution is 2.11. The molecule has 0 aliphatic carbocycles. The van der Waals surface area contributed by atoms with Crippen molar-refractivity contribution in [1.82, 2.24) is 15.1 Å². The quantitative estimate of drug-likeness (QED) is 0.222. The van der Waals surface area contributed by atoms with Crippen LogP contribution in [0, 0.1) is 0 Å². The lowest BCUT2D eigenvalue weighted by molar-refractivity contribution is 0.0453. The van der Waals surface area contributed by atoms with Crippen LogP contribution < -0.4 is 5.32 Å². The Bertz CT molecular complexity index is 836. The number of furan rings is 1. The molecule has 1 N–H and O–H groups in total. The van der Waals surface area contributed by atoms with E-state index in [9.17, 15) is 4.79 Å². The van der Waals surface area contributed by atoms with Crippen LogP contribution in [0.5, 0.6) is 0 Å². The van der Waals surface area contributed by atoms with Crippen LogP contribution in [-0.2, 0) is 22.6 Å². The maximum absolute atomic E-state index is 12.4. The van der Waals surface area contributed by atoms with Gasteiger partial charge in [-0.1, -0.05) is 24.3 Å². The van der Waals surface area contributed by atoms with Crippen LogP contribution in [-0.4, -0.2) is 74.7 Å². The first kappa shape index (κ1) is 26.1. The van der Waals surface area contributed by atoms with Crippen molar-refractivity contribution in [2.24, 2.45) is 4.99 Å². The zero-order chi connectivity index (χ0) is 21.9. The smallest absolute Gasteiger partial charge is 0.289 e. The van der Waals surface area contributed by atoms with E-state index in [2.05, 4.69) is 33.4 Å². The molecule has 0 bridgehead atoms. The van der Waals surface area contributed by atoms with E-state index in [1.54, 1.807) is 19.2 Å². The minimum absolute atomic E-state index is 0. The number of benzene rings is 1. The molecule has 0 unspecified atom stereocenters. The third kappa shape index (κ3) is 7.79. The Morgan fingerprint density at radius 1 is 1.06 bits per heavy atom. The van der Waals surface area contributed by atoms with Gasteiger partial charge in [-0.2, -0.15) is 0 Å². The summed E-state index contributed by atoms with van der Waals surface area (Å²) in [4.78, 5) is 20.8. The molecule has 1 saturated heterocycles. The van der Waals surface area contributed by atoms with Gasteiger partial charge in [0.15, 0.2) is 11.7 Å². The summed E-state index contributed by atoms with van der Waals surface area (Å²) in [6.07, 6.45) is 1.53. The second-order valence-corrected chi connectivity index (χ2v) is 7.23. The number of guanidine groups is 1. The third-order valence-electron chi connectivity index (χ3n) is 5.10. The van der Waals surface area contributed by atoms with Gasteiger partial charge >= 0.3 is 0 Å². The highest BCUT2D eigenvalue weighted by Gasteiger charge is 2.25. The Labute approximate surface area is 207 Å². The summed E-state index contributed by atoms with van der Waals surface area (Å²) in [6.45, 7) is 7.85. The number of amides is 1. The number of nitrogens with one attached hydrogen (secondary N) is 1. The summed E-state index contributed by atoms with van der Waals surface area (Å²) >= 11 is 0. The molecule has 1 amide bonds. The summed E-state index contributed by atoms with van der Waals surface area (Å²) in [7, 11) is 1.78. The van der Waals surface area contributed by atoms with Crippen LogP contribution in [0.2, 0.25) is 0 Å². The predicted octanol–water partition coefficient (Wildman–Crippen LogP) is 2.98. The number of piperazine rings is 1. The fraction of sp³-hybridized carbons (Fsp3) is 0.478. The first-order valence-corrected chi connectivity index (χ1v) is 10.7. The van der Waals surface area contributed by atoms with Crippen molar-refractivity contribution in [3.05, 3.63) is 59.5 Å². The van der Waals surface area contributed by atoms with E-state index >= 15 is 0 Å². The van der Waals surface area contributed by atoms with E-state index in [0.29, 0.717) is 51.8 Å². The summed E-state index contributed by atoms with van der Waals surface area (Å²) in [5.74, 6) is 1.16. The molecule has 0 saturated carbocycles. The van der Waals surface area contributed by atoms with E-state index < -0.39 is 0 Å². The Morgan fingerprint density at radius 3 is 2.47 bits per heavy atom. The third-order valence-corrected chi connectivity index (χ3v) is 5.10. The van der Waals surface area contributed by atoms with E-state index in [1.165, 1.54) is 11.8 Å². The Hall–Kier alpha value is -2.11. The van der Waals surface area contributed by atoms with Crippen molar-refractivity contribution in [2.45, 2.75) is 20.1 Å². The molecule has 1 aliphatic heterocycles. The van der Waals surface area contributed by atoms with Gasteiger partial charge in [0.25, 0.3) is 5.91 Å². The molecular formula is C23H33IN4O4. The number of halogens is 1. The molecule has 0 atom stereocenters. The topological polar surface area (TPSA) is 79.5 Å². The fourth-order valence-electron chi connectivity index (χ4n) is 3.47. The highest BCUT2D eigenvalue weighted by atomic mass is 127. The van der Waals surface area contributed by atoms with Crippen molar-refractivity contribution in [2.75, 3.05) is 53.0 Å². The normalized spacial score (nSPS) is 14.2. The van der Waals surface area contributed by atoms with E-state index in [-0.39, 0.29) is 29.9 Å². The molecule has 1 aliphatic rings. The summed E-state index contributed by atoms with van der Waals surface area (Å²) < 4.78 is 16.2. The first-order chi connectivity index (χ1) is 15.2. The van der Waals surface area contributed by atoms with Gasteiger partial charge in [0.1, 0.15) is 0 Å². The molecule has 2 aromatic rings. The Kier molecular flexibility index (Phi) is 11.5. The Morgan fingerprint density at radius 2 is 1.78 bits per heavy atom. The van der Waals surface area contributed by atoms with Crippen LogP contribution in [0.3, 0.4) is 0 Å². The van der Waals surface area contributed by atoms with Crippen molar-refractivity contribution < 1.29 is 18.7 Å². The number of nitrogens with zero attached hydrogens (tertiary/aromatic N) is 3. The molecule has 32 heavy (non-hydrogen) atoms. The van der Waals surface area contributed by atoms with Gasteiger partial charge in [0, 0.05) is 46.4 Å². The van der Waals surface area contributed by atoms with Gasteiger partial charge in [-0.15, -0.1) is 24.0 Å². The molecule has 8 nitrogen and oxygen atoms in total. The van der Waals surface area contributed by atoms with Crippen molar-refractivity contribution in [3.63, 3.8) is 0 Å². The molecule has 1 aromatic carbocycles. The van der Waals surface area contributed by atoms with Crippen LogP contribution >= 0.6 is 24.0 Å². The van der Waals surface area contributed by atoms with Crippen molar-refractivity contribution in [1.29, 1.82) is 0 Å². The number of hydrogen-bond donors (Lipinski definition) is 1.